The molecule has 0 unspecified atom stereocenters. The highest BCUT2D eigenvalue weighted by Gasteiger charge is 2.10. The van der Waals surface area contributed by atoms with Gasteiger partial charge in [0.2, 0.25) is 0 Å². The Morgan fingerprint density at radius 3 is 2.69 bits per heavy atom. The molecule has 0 spiro atoms. The summed E-state index contributed by atoms with van der Waals surface area (Å²) in [4.78, 5) is 2.06. The van der Waals surface area contributed by atoms with Gasteiger partial charge in [-0.15, -0.1) is 0 Å². The van der Waals surface area contributed by atoms with E-state index in [4.69, 9.17) is 0 Å². The fourth-order valence-electron chi connectivity index (χ4n) is 1.64. The number of nitrogens with one attached hydrogen (secondary N) is 1. The van der Waals surface area contributed by atoms with Gasteiger partial charge in [-0.25, -0.2) is 4.39 Å². The van der Waals surface area contributed by atoms with Crippen molar-refractivity contribution in [1.82, 2.24) is 5.32 Å². The molecule has 0 fully saturated rings. The van der Waals surface area contributed by atoms with E-state index in [1.165, 1.54) is 6.07 Å². The summed E-state index contributed by atoms with van der Waals surface area (Å²) in [5.74, 6) is -0.124. The SMILES string of the molecule is CCCNCc1c(F)cccc1N(C)CC. The smallest absolute Gasteiger partial charge is 0.129 e. The molecule has 16 heavy (non-hydrogen) atoms. The van der Waals surface area contributed by atoms with E-state index < -0.39 is 0 Å². The highest BCUT2D eigenvalue weighted by Crippen LogP contribution is 2.21. The van der Waals surface area contributed by atoms with Gasteiger partial charge in [-0.2, -0.15) is 0 Å². The van der Waals surface area contributed by atoms with Gasteiger partial charge in [0.05, 0.1) is 0 Å². The summed E-state index contributed by atoms with van der Waals surface area (Å²) >= 11 is 0. The molecule has 1 rings (SSSR count). The molecule has 0 aliphatic heterocycles. The molecule has 0 bridgehead atoms. The number of rotatable bonds is 6. The molecule has 1 N–H and O–H groups in total. The summed E-state index contributed by atoms with van der Waals surface area (Å²) in [6.07, 6.45) is 1.06. The van der Waals surface area contributed by atoms with Crippen LogP contribution in [0.15, 0.2) is 18.2 Å². The minimum absolute atomic E-state index is 0.124. The Morgan fingerprint density at radius 2 is 2.06 bits per heavy atom. The van der Waals surface area contributed by atoms with Crippen LogP contribution in [-0.4, -0.2) is 20.1 Å². The van der Waals surface area contributed by atoms with Gasteiger partial charge in [0.15, 0.2) is 0 Å². The average molecular weight is 224 g/mol. The maximum Gasteiger partial charge on any atom is 0.129 e. The minimum atomic E-state index is -0.124. The first-order chi connectivity index (χ1) is 7.70. The standard InChI is InChI=1S/C13H21FN2/c1-4-9-15-10-11-12(14)7-6-8-13(11)16(3)5-2/h6-8,15H,4-5,9-10H2,1-3H3. The van der Waals surface area contributed by atoms with E-state index in [2.05, 4.69) is 24.1 Å². The summed E-state index contributed by atoms with van der Waals surface area (Å²) in [6, 6.07) is 5.26. The highest BCUT2D eigenvalue weighted by atomic mass is 19.1. The molecule has 1 aromatic carbocycles. The van der Waals surface area contributed by atoms with E-state index in [0.717, 1.165) is 30.8 Å². The molecule has 0 saturated heterocycles. The van der Waals surface area contributed by atoms with Crippen molar-refractivity contribution in [3.63, 3.8) is 0 Å². The number of hydrogen-bond donors (Lipinski definition) is 1. The Balaban J connectivity index is 2.85. The molecular formula is C13H21FN2. The molecule has 90 valence electrons. The minimum Gasteiger partial charge on any atom is -0.375 e. The van der Waals surface area contributed by atoms with Crippen LogP contribution in [0.1, 0.15) is 25.8 Å². The number of anilines is 1. The highest BCUT2D eigenvalue weighted by molar-refractivity contribution is 5.53. The quantitative estimate of drug-likeness (QED) is 0.747. The summed E-state index contributed by atoms with van der Waals surface area (Å²) in [5.41, 5.74) is 1.74. The van der Waals surface area contributed by atoms with E-state index in [0.29, 0.717) is 6.54 Å². The Labute approximate surface area is 97.5 Å². The Hall–Kier alpha value is -1.09. The fourth-order valence-corrected chi connectivity index (χ4v) is 1.64. The Kier molecular flexibility index (Phi) is 5.26. The molecule has 0 aromatic heterocycles. The number of halogens is 1. The number of nitrogens with zero attached hydrogens (tertiary/aromatic N) is 1. The maximum absolute atomic E-state index is 13.7. The van der Waals surface area contributed by atoms with Crippen molar-refractivity contribution < 1.29 is 4.39 Å². The second kappa shape index (κ2) is 6.48. The molecular weight excluding hydrogens is 203 g/mol. The molecule has 3 heteroatoms. The third kappa shape index (κ3) is 3.20. The predicted molar refractivity (Wildman–Crippen MR) is 67.3 cm³/mol. The summed E-state index contributed by atoms with van der Waals surface area (Å²) in [6.45, 7) is 6.57. The van der Waals surface area contributed by atoms with Crippen LogP contribution in [0.2, 0.25) is 0 Å². The molecule has 0 heterocycles. The van der Waals surface area contributed by atoms with Crippen molar-refractivity contribution in [2.75, 3.05) is 25.0 Å². The van der Waals surface area contributed by atoms with Crippen molar-refractivity contribution in [2.24, 2.45) is 0 Å². The van der Waals surface area contributed by atoms with E-state index in [1.807, 2.05) is 13.1 Å². The lowest BCUT2D eigenvalue weighted by atomic mass is 10.1. The van der Waals surface area contributed by atoms with Gasteiger partial charge >= 0.3 is 0 Å². The van der Waals surface area contributed by atoms with Crippen molar-refractivity contribution in [1.29, 1.82) is 0 Å². The van der Waals surface area contributed by atoms with Crippen molar-refractivity contribution in [3.05, 3.63) is 29.6 Å². The van der Waals surface area contributed by atoms with Gasteiger partial charge in [0, 0.05) is 31.4 Å². The molecule has 0 atom stereocenters. The molecule has 0 saturated carbocycles. The molecule has 0 radical (unpaired) electrons. The van der Waals surface area contributed by atoms with Crippen molar-refractivity contribution in [3.8, 4) is 0 Å². The van der Waals surface area contributed by atoms with E-state index in [1.54, 1.807) is 6.07 Å². The van der Waals surface area contributed by atoms with Crippen LogP contribution in [0.25, 0.3) is 0 Å². The first-order valence-corrected chi connectivity index (χ1v) is 5.89. The lowest BCUT2D eigenvalue weighted by Crippen LogP contribution is -2.22. The molecule has 0 aliphatic rings. The van der Waals surface area contributed by atoms with Crippen molar-refractivity contribution >= 4 is 5.69 Å². The van der Waals surface area contributed by atoms with E-state index in [-0.39, 0.29) is 5.82 Å². The van der Waals surface area contributed by atoms with Crippen LogP contribution in [-0.2, 0) is 6.54 Å². The summed E-state index contributed by atoms with van der Waals surface area (Å²) in [5, 5.41) is 3.24. The molecule has 2 nitrogen and oxygen atoms in total. The lowest BCUT2D eigenvalue weighted by Gasteiger charge is -2.21. The van der Waals surface area contributed by atoms with Gasteiger partial charge in [-0.3, -0.25) is 0 Å². The Bertz CT molecular complexity index is 326. The molecule has 1 aromatic rings. The second-order valence-corrected chi connectivity index (χ2v) is 3.93. The zero-order valence-corrected chi connectivity index (χ0v) is 10.4. The van der Waals surface area contributed by atoms with Gasteiger partial charge in [0.25, 0.3) is 0 Å². The third-order valence-corrected chi connectivity index (χ3v) is 2.71. The monoisotopic (exact) mass is 224 g/mol. The predicted octanol–water partition coefficient (Wildman–Crippen LogP) is 2.78. The largest absolute Gasteiger partial charge is 0.375 e. The van der Waals surface area contributed by atoms with Crippen LogP contribution in [0, 0.1) is 5.82 Å². The second-order valence-electron chi connectivity index (χ2n) is 3.93. The number of benzene rings is 1. The van der Waals surface area contributed by atoms with Gasteiger partial charge in [0.1, 0.15) is 5.82 Å². The zero-order valence-electron chi connectivity index (χ0n) is 10.4. The normalized spacial score (nSPS) is 10.5. The van der Waals surface area contributed by atoms with Crippen LogP contribution < -0.4 is 10.2 Å². The van der Waals surface area contributed by atoms with Crippen LogP contribution >= 0.6 is 0 Å². The number of hydrogen-bond acceptors (Lipinski definition) is 2. The topological polar surface area (TPSA) is 15.3 Å². The van der Waals surface area contributed by atoms with E-state index >= 15 is 0 Å². The van der Waals surface area contributed by atoms with Gasteiger partial charge in [-0.1, -0.05) is 13.0 Å². The van der Waals surface area contributed by atoms with Crippen molar-refractivity contribution in [2.45, 2.75) is 26.8 Å². The first-order valence-electron chi connectivity index (χ1n) is 5.89. The van der Waals surface area contributed by atoms with Gasteiger partial charge < -0.3 is 10.2 Å². The summed E-state index contributed by atoms with van der Waals surface area (Å²) in [7, 11) is 1.98. The zero-order chi connectivity index (χ0) is 12.0. The van der Waals surface area contributed by atoms with Crippen LogP contribution in [0.4, 0.5) is 10.1 Å². The van der Waals surface area contributed by atoms with Crippen LogP contribution in [0.5, 0.6) is 0 Å². The third-order valence-electron chi connectivity index (χ3n) is 2.71. The fraction of sp³-hybridized carbons (Fsp3) is 0.538. The van der Waals surface area contributed by atoms with Gasteiger partial charge in [-0.05, 0) is 32.0 Å². The molecule has 0 amide bonds. The Morgan fingerprint density at radius 1 is 1.31 bits per heavy atom. The first kappa shape index (κ1) is 13.0. The van der Waals surface area contributed by atoms with Crippen LogP contribution in [0.3, 0.4) is 0 Å². The maximum atomic E-state index is 13.7. The summed E-state index contributed by atoms with van der Waals surface area (Å²) < 4.78 is 13.7. The average Bonchev–Trinajstić information content (AvgIpc) is 2.30. The van der Waals surface area contributed by atoms with E-state index in [9.17, 15) is 4.39 Å². The molecule has 0 aliphatic carbocycles. The lowest BCUT2D eigenvalue weighted by molar-refractivity contribution is 0.585.